The molecule has 10 heteroatoms. The molecular formula is C4H4O9Si. The van der Waals surface area contributed by atoms with Crippen LogP contribution in [0.1, 0.15) is 0 Å². The average Bonchev–Trinajstić information content (AvgIpc) is 1.97. The normalized spacial score (nSPS) is 10.3. The van der Waals surface area contributed by atoms with Crippen molar-refractivity contribution in [3.63, 3.8) is 0 Å². The Labute approximate surface area is 76.3 Å². The van der Waals surface area contributed by atoms with Gasteiger partial charge in [-0.3, -0.25) is 14.4 Å². The summed E-state index contributed by atoms with van der Waals surface area (Å²) in [7, 11) is -5.44. The molecule has 0 radical (unpaired) electrons. The van der Waals surface area contributed by atoms with Crippen LogP contribution in [0.15, 0.2) is 0 Å². The summed E-state index contributed by atoms with van der Waals surface area (Å²) in [5.41, 5.74) is -6.92. The van der Waals surface area contributed by atoms with Crippen molar-refractivity contribution in [3.8, 4) is 0 Å². The van der Waals surface area contributed by atoms with Crippen molar-refractivity contribution in [2.75, 3.05) is 0 Å². The predicted molar refractivity (Wildman–Crippen MR) is 38.9 cm³/mol. The minimum atomic E-state index is -5.44. The second-order valence-corrected chi connectivity index (χ2v) is 4.81. The topological polar surface area (TPSA) is 158 Å². The summed E-state index contributed by atoms with van der Waals surface area (Å²) in [4.78, 5) is 41.0. The Morgan fingerprint density at radius 2 is 1.07 bits per heavy atom. The molecule has 0 atom stereocenters. The average molecular weight is 224 g/mol. The van der Waals surface area contributed by atoms with E-state index in [9.17, 15) is 19.2 Å². The first kappa shape index (κ1) is 11.9. The molecule has 0 aliphatic heterocycles. The minimum absolute atomic E-state index is 2.26. The Morgan fingerprint density at radius 3 is 1.14 bits per heavy atom. The molecule has 0 aliphatic rings. The molecule has 4 N–H and O–H groups in total. The van der Waals surface area contributed by atoms with E-state index >= 15 is 0 Å². The maximum absolute atomic E-state index is 10.4. The van der Waals surface area contributed by atoms with Gasteiger partial charge in [-0.25, -0.2) is 4.79 Å². The zero-order valence-electron chi connectivity index (χ0n) is 6.33. The smallest absolute Gasteiger partial charge is 0.482 e. The van der Waals surface area contributed by atoms with E-state index in [1.165, 1.54) is 0 Å². The second kappa shape index (κ2) is 3.74. The Kier molecular flexibility index (Phi) is 3.18. The SMILES string of the molecule is O=C(O)O[Si](C(=O)O)(C(=O)O)C(=O)O. The lowest BCUT2D eigenvalue weighted by Crippen LogP contribution is -2.61. The molecule has 0 aromatic heterocycles. The predicted octanol–water partition coefficient (Wildman–Crippen LogP) is 0.406. The molecule has 0 unspecified atom stereocenters. The molecule has 78 valence electrons. The second-order valence-electron chi connectivity index (χ2n) is 1.96. The fourth-order valence-electron chi connectivity index (χ4n) is 0.536. The molecule has 0 rings (SSSR count). The molecule has 0 aromatic carbocycles. The van der Waals surface area contributed by atoms with Crippen molar-refractivity contribution < 1.29 is 44.0 Å². The van der Waals surface area contributed by atoms with Gasteiger partial charge < -0.3 is 24.9 Å². The minimum Gasteiger partial charge on any atom is -0.482 e. The Morgan fingerprint density at radius 1 is 0.786 bits per heavy atom. The van der Waals surface area contributed by atoms with Crippen molar-refractivity contribution in [1.82, 2.24) is 0 Å². The fraction of sp³-hybridized carbons (Fsp3) is 0. The summed E-state index contributed by atoms with van der Waals surface area (Å²) in [6.07, 6.45) is -2.26. The molecule has 0 saturated carbocycles. The van der Waals surface area contributed by atoms with Gasteiger partial charge in [-0.05, 0) is 0 Å². The summed E-state index contributed by atoms with van der Waals surface area (Å²) in [5.74, 6) is 0. The van der Waals surface area contributed by atoms with E-state index < -0.39 is 31.3 Å². The van der Waals surface area contributed by atoms with Crippen molar-refractivity contribution in [1.29, 1.82) is 0 Å². The van der Waals surface area contributed by atoms with E-state index in [1.807, 2.05) is 0 Å². The quantitative estimate of drug-likeness (QED) is 0.495. The number of hydrogen-bond donors (Lipinski definition) is 4. The van der Waals surface area contributed by atoms with Crippen LogP contribution < -0.4 is 0 Å². The number of hydrogen-bond acceptors (Lipinski definition) is 5. The van der Waals surface area contributed by atoms with Crippen LogP contribution in [0.3, 0.4) is 0 Å². The van der Waals surface area contributed by atoms with Crippen LogP contribution in [-0.2, 0) is 4.43 Å². The van der Waals surface area contributed by atoms with Crippen LogP contribution in [0.2, 0.25) is 0 Å². The van der Waals surface area contributed by atoms with Gasteiger partial charge >= 0.3 is 31.3 Å². The standard InChI is InChI=1S/C4H4O9Si/c5-1(6)13-14(2(7)8,3(9)10)4(11)12/h(H,5,6)(H,7,8)(H,9,10)(H,11,12). The zero-order valence-corrected chi connectivity index (χ0v) is 7.33. The summed E-state index contributed by atoms with van der Waals surface area (Å²) in [6, 6.07) is 0. The van der Waals surface area contributed by atoms with Gasteiger partial charge in [0.15, 0.2) is 0 Å². The molecule has 0 aliphatic carbocycles. The molecule has 0 fully saturated rings. The van der Waals surface area contributed by atoms with E-state index in [-0.39, 0.29) is 0 Å². The van der Waals surface area contributed by atoms with Crippen LogP contribution in [-0.4, -0.2) is 51.7 Å². The molecule has 14 heavy (non-hydrogen) atoms. The monoisotopic (exact) mass is 224 g/mol. The number of carbonyl (C=O) groups is 4. The highest BCUT2D eigenvalue weighted by Gasteiger charge is 2.66. The van der Waals surface area contributed by atoms with Crippen molar-refractivity contribution >= 4 is 31.3 Å². The molecule has 0 aromatic rings. The molecule has 0 saturated heterocycles. The summed E-state index contributed by atoms with van der Waals surface area (Å²) >= 11 is 0. The van der Waals surface area contributed by atoms with E-state index in [4.69, 9.17) is 20.4 Å². The lowest BCUT2D eigenvalue weighted by Gasteiger charge is -2.14. The molecular weight excluding hydrogens is 220 g/mol. The van der Waals surface area contributed by atoms with Gasteiger partial charge in [-0.15, -0.1) is 0 Å². The highest BCUT2D eigenvalue weighted by atomic mass is 28.4. The van der Waals surface area contributed by atoms with Crippen molar-refractivity contribution in [2.45, 2.75) is 0 Å². The number of rotatable bonds is 4. The Hall–Kier alpha value is -2.10. The summed E-state index contributed by atoms with van der Waals surface area (Å²) in [6.45, 7) is 0. The first-order chi connectivity index (χ1) is 6.25. The summed E-state index contributed by atoms with van der Waals surface area (Å²) < 4.78 is 3.48. The lowest BCUT2D eigenvalue weighted by atomic mass is 11.4. The van der Waals surface area contributed by atoms with Gasteiger partial charge in [-0.1, -0.05) is 0 Å². The molecule has 9 nitrogen and oxygen atoms in total. The lowest BCUT2D eigenvalue weighted by molar-refractivity contribution is 0.132. The van der Waals surface area contributed by atoms with Crippen LogP contribution in [0.25, 0.3) is 0 Å². The Bertz CT molecular complexity index is 270. The molecule has 0 heterocycles. The fourth-order valence-corrected chi connectivity index (χ4v) is 1.61. The molecule has 0 spiro atoms. The highest BCUT2D eigenvalue weighted by Crippen LogP contribution is 2.10. The van der Waals surface area contributed by atoms with Crippen LogP contribution in [0, 0.1) is 0 Å². The van der Waals surface area contributed by atoms with Gasteiger partial charge in [0, 0.05) is 0 Å². The zero-order chi connectivity index (χ0) is 11.5. The first-order valence-corrected chi connectivity index (χ1v) is 4.78. The number of carboxylic acid groups (broad SMARTS) is 4. The maximum atomic E-state index is 10.4. The van der Waals surface area contributed by atoms with Gasteiger partial charge in [0.2, 0.25) is 0 Å². The van der Waals surface area contributed by atoms with Crippen LogP contribution in [0.4, 0.5) is 19.2 Å². The molecule has 0 bridgehead atoms. The Balaban J connectivity index is 5.38. The highest BCUT2D eigenvalue weighted by molar-refractivity contribution is 7.35. The third-order valence-corrected chi connectivity index (χ3v) is 3.43. The van der Waals surface area contributed by atoms with Crippen molar-refractivity contribution in [3.05, 3.63) is 0 Å². The van der Waals surface area contributed by atoms with E-state index in [0.29, 0.717) is 0 Å². The van der Waals surface area contributed by atoms with Gasteiger partial charge in [0.25, 0.3) is 0 Å². The third kappa shape index (κ3) is 1.79. The summed E-state index contributed by atoms with van der Waals surface area (Å²) in [5, 5.41) is 33.0. The molecule has 0 amide bonds. The third-order valence-electron chi connectivity index (χ3n) is 1.14. The van der Waals surface area contributed by atoms with Gasteiger partial charge in [-0.2, -0.15) is 0 Å². The first-order valence-electron chi connectivity index (χ1n) is 2.87. The van der Waals surface area contributed by atoms with Gasteiger partial charge in [0.1, 0.15) is 0 Å². The largest absolute Gasteiger partial charge is 0.610 e. The maximum Gasteiger partial charge on any atom is 0.610 e. The van der Waals surface area contributed by atoms with E-state index in [0.717, 1.165) is 0 Å². The van der Waals surface area contributed by atoms with Crippen LogP contribution >= 0.6 is 0 Å². The van der Waals surface area contributed by atoms with Gasteiger partial charge in [0.05, 0.1) is 0 Å². The van der Waals surface area contributed by atoms with E-state index in [1.54, 1.807) is 0 Å². The van der Waals surface area contributed by atoms with E-state index in [2.05, 4.69) is 4.43 Å². The van der Waals surface area contributed by atoms with Crippen molar-refractivity contribution in [2.24, 2.45) is 0 Å². The van der Waals surface area contributed by atoms with Crippen LogP contribution in [0.5, 0.6) is 0 Å².